The Labute approximate surface area is 111 Å². The lowest BCUT2D eigenvalue weighted by Crippen LogP contribution is -2.19. The van der Waals surface area contributed by atoms with Crippen LogP contribution < -0.4 is 5.73 Å². The molecule has 0 aliphatic heterocycles. The van der Waals surface area contributed by atoms with Crippen molar-refractivity contribution in [1.29, 1.82) is 0 Å². The highest BCUT2D eigenvalue weighted by Crippen LogP contribution is 2.28. The molecule has 1 fully saturated rings. The van der Waals surface area contributed by atoms with Gasteiger partial charge in [0.05, 0.1) is 0 Å². The van der Waals surface area contributed by atoms with Crippen LogP contribution in [-0.2, 0) is 11.2 Å². The van der Waals surface area contributed by atoms with Crippen LogP contribution in [0.25, 0.3) is 0 Å². The summed E-state index contributed by atoms with van der Waals surface area (Å²) in [4.78, 5) is 12.1. The number of ketones is 1. The number of hydrogen-bond donors (Lipinski definition) is 1. The molecular formula is C13H15Cl2NO. The maximum absolute atomic E-state index is 12.1. The molecule has 2 rings (SSSR count). The Balaban J connectivity index is 2.03. The van der Waals surface area contributed by atoms with Gasteiger partial charge in [0.2, 0.25) is 0 Å². The molecule has 1 aromatic rings. The van der Waals surface area contributed by atoms with Crippen LogP contribution in [-0.4, -0.2) is 11.8 Å². The second-order valence-electron chi connectivity index (χ2n) is 4.65. The lowest BCUT2D eigenvalue weighted by molar-refractivity contribution is -0.122. The van der Waals surface area contributed by atoms with Crippen molar-refractivity contribution in [2.75, 3.05) is 0 Å². The average Bonchev–Trinajstić information content (AvgIpc) is 2.69. The second kappa shape index (κ2) is 5.38. The van der Waals surface area contributed by atoms with E-state index < -0.39 is 0 Å². The highest BCUT2D eigenvalue weighted by Gasteiger charge is 2.27. The molecule has 0 amide bonds. The number of hydrogen-bond acceptors (Lipinski definition) is 2. The molecule has 0 radical (unpaired) electrons. The number of halogens is 2. The third-order valence-electron chi connectivity index (χ3n) is 3.31. The van der Waals surface area contributed by atoms with Crippen molar-refractivity contribution >= 4 is 29.0 Å². The predicted octanol–water partition coefficient (Wildman–Crippen LogP) is 3.23. The van der Waals surface area contributed by atoms with Crippen molar-refractivity contribution in [3.63, 3.8) is 0 Å². The Morgan fingerprint density at radius 2 is 2.12 bits per heavy atom. The van der Waals surface area contributed by atoms with E-state index in [1.165, 1.54) is 0 Å². The summed E-state index contributed by atoms with van der Waals surface area (Å²) in [5.41, 5.74) is 6.66. The average molecular weight is 272 g/mol. The van der Waals surface area contributed by atoms with Crippen molar-refractivity contribution in [3.8, 4) is 0 Å². The standard InChI is InChI=1S/C13H15Cl2NO/c14-10-3-1-8(12(15)7-10)6-13(17)9-2-4-11(16)5-9/h1,3,7,9,11H,2,4-6,16H2. The van der Waals surface area contributed by atoms with Gasteiger partial charge in [-0.25, -0.2) is 0 Å². The molecule has 0 bridgehead atoms. The molecule has 17 heavy (non-hydrogen) atoms. The molecule has 2 nitrogen and oxygen atoms in total. The summed E-state index contributed by atoms with van der Waals surface area (Å²) >= 11 is 11.9. The zero-order valence-electron chi connectivity index (χ0n) is 9.46. The molecule has 2 N–H and O–H groups in total. The second-order valence-corrected chi connectivity index (χ2v) is 5.49. The molecule has 1 saturated carbocycles. The van der Waals surface area contributed by atoms with Crippen molar-refractivity contribution in [2.24, 2.45) is 11.7 Å². The zero-order valence-corrected chi connectivity index (χ0v) is 11.0. The summed E-state index contributed by atoms with van der Waals surface area (Å²) in [7, 11) is 0. The first-order valence-electron chi connectivity index (χ1n) is 5.78. The van der Waals surface area contributed by atoms with Gasteiger partial charge < -0.3 is 5.73 Å². The SMILES string of the molecule is NC1CCC(C(=O)Cc2ccc(Cl)cc2Cl)C1. The van der Waals surface area contributed by atoms with Crippen LogP contribution in [0, 0.1) is 5.92 Å². The van der Waals surface area contributed by atoms with Crippen LogP contribution in [0.5, 0.6) is 0 Å². The third kappa shape index (κ3) is 3.21. The number of Topliss-reactive ketones (excluding diaryl/α,β-unsaturated/α-hetero) is 1. The van der Waals surface area contributed by atoms with E-state index in [9.17, 15) is 4.79 Å². The van der Waals surface area contributed by atoms with Gasteiger partial charge in [0.15, 0.2) is 0 Å². The lowest BCUT2D eigenvalue weighted by atomic mass is 9.96. The maximum Gasteiger partial charge on any atom is 0.140 e. The van der Waals surface area contributed by atoms with Gasteiger partial charge in [-0.15, -0.1) is 0 Å². The Hall–Kier alpha value is -0.570. The van der Waals surface area contributed by atoms with Crippen LogP contribution in [0.2, 0.25) is 10.0 Å². The fourth-order valence-corrected chi connectivity index (χ4v) is 2.78. The van der Waals surface area contributed by atoms with Crippen molar-refractivity contribution < 1.29 is 4.79 Å². The van der Waals surface area contributed by atoms with Crippen molar-refractivity contribution in [2.45, 2.75) is 31.7 Å². The zero-order chi connectivity index (χ0) is 12.4. The molecule has 2 atom stereocenters. The molecule has 4 heteroatoms. The number of nitrogens with two attached hydrogens (primary N) is 1. The lowest BCUT2D eigenvalue weighted by Gasteiger charge is -2.09. The first-order valence-corrected chi connectivity index (χ1v) is 6.54. The van der Waals surface area contributed by atoms with Gasteiger partial charge in [-0.3, -0.25) is 4.79 Å². The van der Waals surface area contributed by atoms with Gasteiger partial charge in [0.1, 0.15) is 5.78 Å². The van der Waals surface area contributed by atoms with E-state index in [2.05, 4.69) is 0 Å². The fourth-order valence-electron chi connectivity index (χ4n) is 2.31. The summed E-state index contributed by atoms with van der Waals surface area (Å²) in [6.45, 7) is 0. The minimum Gasteiger partial charge on any atom is -0.328 e. The molecule has 0 heterocycles. The first kappa shape index (κ1) is 12.9. The molecule has 92 valence electrons. The summed E-state index contributed by atoms with van der Waals surface area (Å²) in [5.74, 6) is 0.346. The number of carbonyl (C=O) groups excluding carboxylic acids is 1. The van der Waals surface area contributed by atoms with Gasteiger partial charge in [0.25, 0.3) is 0 Å². The Kier molecular flexibility index (Phi) is 4.08. The minimum atomic E-state index is 0.108. The number of benzene rings is 1. The molecule has 2 unspecified atom stereocenters. The summed E-state index contributed by atoms with van der Waals surface area (Å²) in [6.07, 6.45) is 3.05. The van der Waals surface area contributed by atoms with E-state index in [-0.39, 0.29) is 17.7 Å². The van der Waals surface area contributed by atoms with E-state index in [0.29, 0.717) is 16.5 Å². The number of rotatable bonds is 3. The summed E-state index contributed by atoms with van der Waals surface area (Å²) < 4.78 is 0. The first-order chi connectivity index (χ1) is 8.06. The molecule has 0 spiro atoms. The normalized spacial score (nSPS) is 23.9. The highest BCUT2D eigenvalue weighted by molar-refractivity contribution is 6.35. The molecule has 0 aromatic heterocycles. The van der Waals surface area contributed by atoms with Gasteiger partial charge >= 0.3 is 0 Å². The van der Waals surface area contributed by atoms with Gasteiger partial charge in [-0.1, -0.05) is 29.3 Å². The largest absolute Gasteiger partial charge is 0.328 e. The highest BCUT2D eigenvalue weighted by atomic mass is 35.5. The molecular weight excluding hydrogens is 257 g/mol. The monoisotopic (exact) mass is 271 g/mol. The van der Waals surface area contributed by atoms with Crippen LogP contribution in [0.1, 0.15) is 24.8 Å². The number of carbonyl (C=O) groups is 1. The van der Waals surface area contributed by atoms with Crippen LogP contribution in [0.4, 0.5) is 0 Å². The molecule has 1 aliphatic carbocycles. The quantitative estimate of drug-likeness (QED) is 0.917. The van der Waals surface area contributed by atoms with E-state index in [4.69, 9.17) is 28.9 Å². The predicted molar refractivity (Wildman–Crippen MR) is 70.5 cm³/mol. The van der Waals surface area contributed by atoms with Crippen LogP contribution >= 0.6 is 23.2 Å². The van der Waals surface area contributed by atoms with Crippen molar-refractivity contribution in [3.05, 3.63) is 33.8 Å². The summed E-state index contributed by atoms with van der Waals surface area (Å²) in [5, 5.41) is 1.15. The maximum atomic E-state index is 12.1. The summed E-state index contributed by atoms with van der Waals surface area (Å²) in [6, 6.07) is 5.43. The molecule has 0 saturated heterocycles. The van der Waals surface area contributed by atoms with Gasteiger partial charge in [-0.05, 0) is 37.0 Å². The smallest absolute Gasteiger partial charge is 0.140 e. The van der Waals surface area contributed by atoms with Crippen molar-refractivity contribution in [1.82, 2.24) is 0 Å². The molecule has 1 aromatic carbocycles. The Morgan fingerprint density at radius 1 is 1.35 bits per heavy atom. The van der Waals surface area contributed by atoms with Gasteiger partial charge in [0, 0.05) is 28.4 Å². The van der Waals surface area contributed by atoms with E-state index in [1.54, 1.807) is 12.1 Å². The fraction of sp³-hybridized carbons (Fsp3) is 0.462. The van der Waals surface area contributed by atoms with Gasteiger partial charge in [-0.2, -0.15) is 0 Å². The molecule has 1 aliphatic rings. The third-order valence-corrected chi connectivity index (χ3v) is 3.90. The van der Waals surface area contributed by atoms with E-state index in [0.717, 1.165) is 24.8 Å². The minimum absolute atomic E-state index is 0.108. The van der Waals surface area contributed by atoms with Crippen LogP contribution in [0.3, 0.4) is 0 Å². The Bertz CT molecular complexity index is 433. The van der Waals surface area contributed by atoms with Crippen LogP contribution in [0.15, 0.2) is 18.2 Å². The Morgan fingerprint density at radius 3 is 2.71 bits per heavy atom. The topological polar surface area (TPSA) is 43.1 Å². The van der Waals surface area contributed by atoms with E-state index >= 15 is 0 Å². The van der Waals surface area contributed by atoms with E-state index in [1.807, 2.05) is 6.07 Å².